The molecular formula is C15H23FN2. The molecule has 1 aliphatic rings. The molecule has 0 bridgehead atoms. The number of halogens is 1. The third-order valence-corrected chi connectivity index (χ3v) is 4.02. The van der Waals surface area contributed by atoms with Gasteiger partial charge < -0.3 is 10.2 Å². The number of hydrogen-bond acceptors (Lipinski definition) is 2. The molecule has 0 spiro atoms. The Bertz CT molecular complexity index is 381. The number of rotatable bonds is 5. The maximum Gasteiger partial charge on any atom is 0.128 e. The van der Waals surface area contributed by atoms with Gasteiger partial charge in [-0.1, -0.05) is 31.5 Å². The van der Waals surface area contributed by atoms with Crippen LogP contribution in [0.15, 0.2) is 24.3 Å². The van der Waals surface area contributed by atoms with E-state index in [0.717, 1.165) is 31.1 Å². The zero-order chi connectivity index (χ0) is 13.0. The lowest BCUT2D eigenvalue weighted by atomic mass is 10.1. The highest BCUT2D eigenvalue weighted by Crippen LogP contribution is 2.23. The summed E-state index contributed by atoms with van der Waals surface area (Å²) in [5, 5.41) is 3.24. The Hall–Kier alpha value is -0.930. The van der Waals surface area contributed by atoms with E-state index < -0.39 is 0 Å². The van der Waals surface area contributed by atoms with E-state index in [9.17, 15) is 4.39 Å². The maximum absolute atomic E-state index is 13.8. The summed E-state index contributed by atoms with van der Waals surface area (Å²) < 4.78 is 13.8. The molecule has 0 saturated carbocycles. The van der Waals surface area contributed by atoms with Crippen molar-refractivity contribution in [1.82, 2.24) is 10.2 Å². The fourth-order valence-corrected chi connectivity index (χ4v) is 2.77. The molecule has 1 aliphatic heterocycles. The molecule has 0 radical (unpaired) electrons. The van der Waals surface area contributed by atoms with E-state index in [-0.39, 0.29) is 11.9 Å². The van der Waals surface area contributed by atoms with Crippen molar-refractivity contribution in [3.8, 4) is 0 Å². The van der Waals surface area contributed by atoms with Gasteiger partial charge in [0.1, 0.15) is 5.82 Å². The SMILES string of the molecule is CCC1CCN(CC(NC)c2ccccc2F)C1. The number of likely N-dealkylation sites (N-methyl/N-ethyl adjacent to an activating group) is 1. The van der Waals surface area contributed by atoms with E-state index in [1.54, 1.807) is 12.1 Å². The van der Waals surface area contributed by atoms with Crippen molar-refractivity contribution in [1.29, 1.82) is 0 Å². The predicted molar refractivity (Wildman–Crippen MR) is 73.0 cm³/mol. The third kappa shape index (κ3) is 3.09. The second-order valence-corrected chi connectivity index (χ2v) is 5.19. The van der Waals surface area contributed by atoms with Crippen LogP contribution in [0.1, 0.15) is 31.4 Å². The molecule has 3 heteroatoms. The van der Waals surface area contributed by atoms with Crippen molar-refractivity contribution in [3.05, 3.63) is 35.6 Å². The molecule has 1 fully saturated rings. The summed E-state index contributed by atoms with van der Waals surface area (Å²) in [5.74, 6) is 0.714. The summed E-state index contributed by atoms with van der Waals surface area (Å²) in [6.07, 6.45) is 2.53. The summed E-state index contributed by atoms with van der Waals surface area (Å²) in [5.41, 5.74) is 0.778. The molecule has 2 atom stereocenters. The number of hydrogen-bond donors (Lipinski definition) is 1. The van der Waals surface area contributed by atoms with E-state index in [1.807, 2.05) is 19.2 Å². The van der Waals surface area contributed by atoms with Gasteiger partial charge in [-0.15, -0.1) is 0 Å². The zero-order valence-electron chi connectivity index (χ0n) is 11.3. The van der Waals surface area contributed by atoms with E-state index in [0.29, 0.717) is 0 Å². The Labute approximate surface area is 109 Å². The Morgan fingerprint density at radius 1 is 1.44 bits per heavy atom. The monoisotopic (exact) mass is 250 g/mol. The molecule has 100 valence electrons. The van der Waals surface area contributed by atoms with Gasteiger partial charge in [0, 0.05) is 24.7 Å². The molecule has 0 aromatic heterocycles. The molecule has 18 heavy (non-hydrogen) atoms. The van der Waals surface area contributed by atoms with Crippen LogP contribution in [-0.4, -0.2) is 31.6 Å². The van der Waals surface area contributed by atoms with Crippen LogP contribution in [0.5, 0.6) is 0 Å². The lowest BCUT2D eigenvalue weighted by molar-refractivity contribution is 0.284. The molecule has 1 saturated heterocycles. The first-order valence-corrected chi connectivity index (χ1v) is 6.88. The molecule has 1 aromatic rings. The summed E-state index contributed by atoms with van der Waals surface area (Å²) >= 11 is 0. The molecule has 0 amide bonds. The second-order valence-electron chi connectivity index (χ2n) is 5.19. The normalized spacial score (nSPS) is 22.3. The van der Waals surface area contributed by atoms with Crippen LogP contribution in [0.3, 0.4) is 0 Å². The van der Waals surface area contributed by atoms with Crippen LogP contribution in [0, 0.1) is 11.7 Å². The fraction of sp³-hybridized carbons (Fsp3) is 0.600. The first kappa shape index (κ1) is 13.5. The van der Waals surface area contributed by atoms with E-state index in [1.165, 1.54) is 12.8 Å². The minimum absolute atomic E-state index is 0.0850. The number of benzene rings is 1. The Morgan fingerprint density at radius 3 is 2.83 bits per heavy atom. The van der Waals surface area contributed by atoms with Crippen LogP contribution in [0.25, 0.3) is 0 Å². The van der Waals surface area contributed by atoms with Crippen molar-refractivity contribution in [3.63, 3.8) is 0 Å². The summed E-state index contributed by atoms with van der Waals surface area (Å²) in [7, 11) is 1.91. The van der Waals surface area contributed by atoms with Crippen LogP contribution in [-0.2, 0) is 0 Å². The predicted octanol–water partition coefficient (Wildman–Crippen LogP) is 2.82. The highest BCUT2D eigenvalue weighted by atomic mass is 19.1. The van der Waals surface area contributed by atoms with Crippen molar-refractivity contribution in [2.75, 3.05) is 26.7 Å². The largest absolute Gasteiger partial charge is 0.312 e. The average Bonchev–Trinajstić information content (AvgIpc) is 2.85. The molecule has 1 heterocycles. The van der Waals surface area contributed by atoms with Crippen molar-refractivity contribution in [2.45, 2.75) is 25.8 Å². The average molecular weight is 250 g/mol. The van der Waals surface area contributed by atoms with Gasteiger partial charge in [0.05, 0.1) is 0 Å². The van der Waals surface area contributed by atoms with Gasteiger partial charge in [0.2, 0.25) is 0 Å². The van der Waals surface area contributed by atoms with Crippen molar-refractivity contribution >= 4 is 0 Å². The van der Waals surface area contributed by atoms with Crippen molar-refractivity contribution < 1.29 is 4.39 Å². The van der Waals surface area contributed by atoms with Crippen LogP contribution in [0.2, 0.25) is 0 Å². The van der Waals surface area contributed by atoms with Crippen LogP contribution < -0.4 is 5.32 Å². The van der Waals surface area contributed by atoms with Gasteiger partial charge in [-0.05, 0) is 32.0 Å². The summed E-state index contributed by atoms with van der Waals surface area (Å²) in [6, 6.07) is 7.15. The molecule has 1 aromatic carbocycles. The molecule has 2 unspecified atom stereocenters. The Kier molecular flexibility index (Phi) is 4.72. The highest BCUT2D eigenvalue weighted by molar-refractivity contribution is 5.21. The molecule has 1 N–H and O–H groups in total. The Balaban J connectivity index is 2.00. The van der Waals surface area contributed by atoms with Gasteiger partial charge in [-0.3, -0.25) is 0 Å². The van der Waals surface area contributed by atoms with Crippen LogP contribution >= 0.6 is 0 Å². The first-order valence-electron chi connectivity index (χ1n) is 6.88. The second kappa shape index (κ2) is 6.30. The van der Waals surface area contributed by atoms with Gasteiger partial charge in [-0.2, -0.15) is 0 Å². The standard InChI is InChI=1S/C15H23FN2/c1-3-12-8-9-18(10-12)11-15(17-2)13-6-4-5-7-14(13)16/h4-7,12,15,17H,3,8-11H2,1-2H3. The quantitative estimate of drug-likeness (QED) is 0.864. The highest BCUT2D eigenvalue weighted by Gasteiger charge is 2.24. The molecule has 0 aliphatic carbocycles. The van der Waals surface area contributed by atoms with E-state index in [4.69, 9.17) is 0 Å². The van der Waals surface area contributed by atoms with Crippen molar-refractivity contribution in [2.24, 2.45) is 5.92 Å². The summed E-state index contributed by atoms with van der Waals surface area (Å²) in [4.78, 5) is 2.45. The minimum Gasteiger partial charge on any atom is -0.312 e. The third-order valence-electron chi connectivity index (χ3n) is 4.02. The lowest BCUT2D eigenvalue weighted by Gasteiger charge is -2.24. The first-order chi connectivity index (χ1) is 8.74. The fourth-order valence-electron chi connectivity index (χ4n) is 2.77. The minimum atomic E-state index is -0.108. The molecule has 2 nitrogen and oxygen atoms in total. The van der Waals surface area contributed by atoms with Gasteiger partial charge in [0.25, 0.3) is 0 Å². The molecule has 2 rings (SSSR count). The smallest absolute Gasteiger partial charge is 0.128 e. The van der Waals surface area contributed by atoms with Crippen LogP contribution in [0.4, 0.5) is 4.39 Å². The summed E-state index contributed by atoms with van der Waals surface area (Å²) in [6.45, 7) is 5.45. The topological polar surface area (TPSA) is 15.3 Å². The molecular weight excluding hydrogens is 227 g/mol. The maximum atomic E-state index is 13.8. The van der Waals surface area contributed by atoms with Gasteiger partial charge in [-0.25, -0.2) is 4.39 Å². The number of nitrogens with one attached hydrogen (secondary N) is 1. The number of nitrogens with zero attached hydrogens (tertiary/aromatic N) is 1. The van der Waals surface area contributed by atoms with E-state index >= 15 is 0 Å². The Morgan fingerprint density at radius 2 is 2.22 bits per heavy atom. The van der Waals surface area contributed by atoms with Gasteiger partial charge >= 0.3 is 0 Å². The van der Waals surface area contributed by atoms with E-state index in [2.05, 4.69) is 17.1 Å². The lowest BCUT2D eigenvalue weighted by Crippen LogP contribution is -2.33. The number of likely N-dealkylation sites (tertiary alicyclic amines) is 1. The van der Waals surface area contributed by atoms with Gasteiger partial charge in [0.15, 0.2) is 0 Å². The zero-order valence-corrected chi connectivity index (χ0v) is 11.3.